The summed E-state index contributed by atoms with van der Waals surface area (Å²) in [5.41, 5.74) is 2.65. The van der Waals surface area contributed by atoms with E-state index in [1.54, 1.807) is 11.0 Å². The van der Waals surface area contributed by atoms with Gasteiger partial charge in [-0.3, -0.25) is 4.79 Å². The summed E-state index contributed by atoms with van der Waals surface area (Å²) in [5, 5.41) is 8.67. The first-order valence-corrected chi connectivity index (χ1v) is 9.80. The number of hydrogen-bond donors (Lipinski definition) is 0. The summed E-state index contributed by atoms with van der Waals surface area (Å²) in [7, 11) is 0. The number of benzene rings is 2. The fraction of sp³-hybridized carbons (Fsp3) is 0.318. The molecule has 0 unspecified atom stereocenters. The van der Waals surface area contributed by atoms with Crippen molar-refractivity contribution in [3.8, 4) is 17.2 Å². The van der Waals surface area contributed by atoms with Gasteiger partial charge >= 0.3 is 0 Å². The number of rotatable bonds is 7. The summed E-state index contributed by atoms with van der Waals surface area (Å²) in [6.07, 6.45) is 0. The van der Waals surface area contributed by atoms with Crippen LogP contribution < -0.4 is 4.74 Å². The van der Waals surface area contributed by atoms with Crippen molar-refractivity contribution in [3.05, 3.63) is 64.5 Å². The van der Waals surface area contributed by atoms with Gasteiger partial charge in [-0.1, -0.05) is 41.9 Å². The van der Waals surface area contributed by atoms with Crippen LogP contribution in [0.15, 0.2) is 46.9 Å². The van der Waals surface area contributed by atoms with Gasteiger partial charge in [-0.2, -0.15) is 0 Å². The van der Waals surface area contributed by atoms with Crippen LogP contribution in [0, 0.1) is 13.8 Å². The van der Waals surface area contributed by atoms with E-state index in [-0.39, 0.29) is 25.1 Å². The summed E-state index contributed by atoms with van der Waals surface area (Å²) in [4.78, 5) is 14.5. The van der Waals surface area contributed by atoms with Gasteiger partial charge in [0.25, 0.3) is 5.91 Å². The molecule has 0 saturated carbocycles. The lowest BCUT2D eigenvalue weighted by molar-refractivity contribution is -0.136. The summed E-state index contributed by atoms with van der Waals surface area (Å²) in [6.45, 7) is 7.92. The summed E-state index contributed by atoms with van der Waals surface area (Å²) in [5.74, 6) is 1.26. The van der Waals surface area contributed by atoms with Gasteiger partial charge in [0.2, 0.25) is 11.8 Å². The third-order valence-electron chi connectivity index (χ3n) is 4.57. The summed E-state index contributed by atoms with van der Waals surface area (Å²) < 4.78 is 11.6. The molecule has 0 aliphatic rings. The van der Waals surface area contributed by atoms with Gasteiger partial charge in [-0.15, -0.1) is 10.2 Å². The van der Waals surface area contributed by atoms with Gasteiger partial charge in [0.1, 0.15) is 5.75 Å². The molecule has 7 heteroatoms. The van der Waals surface area contributed by atoms with Crippen molar-refractivity contribution >= 4 is 17.5 Å². The highest BCUT2D eigenvalue weighted by atomic mass is 35.5. The Labute approximate surface area is 175 Å². The number of ether oxygens (including phenoxy) is 1. The number of aryl methyl sites for hydroxylation is 2. The van der Waals surface area contributed by atoms with E-state index >= 15 is 0 Å². The molecule has 29 heavy (non-hydrogen) atoms. The smallest absolute Gasteiger partial charge is 0.261 e. The predicted octanol–water partition coefficient (Wildman–Crippen LogP) is 4.82. The number of para-hydroxylation sites is 1. The molecule has 3 rings (SSSR count). The van der Waals surface area contributed by atoms with Gasteiger partial charge in [0, 0.05) is 6.04 Å². The van der Waals surface area contributed by atoms with Crippen molar-refractivity contribution in [2.24, 2.45) is 0 Å². The minimum atomic E-state index is -0.153. The number of hydrogen-bond acceptors (Lipinski definition) is 5. The van der Waals surface area contributed by atoms with Crippen molar-refractivity contribution in [1.82, 2.24) is 15.1 Å². The molecule has 0 N–H and O–H groups in total. The van der Waals surface area contributed by atoms with Crippen LogP contribution in [0.25, 0.3) is 11.5 Å². The standard InChI is InChI=1S/C22H24ClN3O3/c1-14(2)26(20(27)13-28-21-15(3)8-7-9-16(21)4)12-19-24-25-22(29-19)17-10-5-6-11-18(17)23/h5-11,14H,12-13H2,1-4H3. The number of aromatic nitrogens is 2. The Balaban J connectivity index is 1.70. The lowest BCUT2D eigenvalue weighted by Gasteiger charge is -2.25. The quantitative estimate of drug-likeness (QED) is 0.555. The van der Waals surface area contributed by atoms with Gasteiger partial charge < -0.3 is 14.1 Å². The number of nitrogens with zero attached hydrogens (tertiary/aromatic N) is 3. The molecule has 1 amide bonds. The van der Waals surface area contributed by atoms with Crippen molar-refractivity contribution in [3.63, 3.8) is 0 Å². The molecule has 2 aromatic carbocycles. The fourth-order valence-electron chi connectivity index (χ4n) is 3.01. The minimum absolute atomic E-state index is 0.0558. The van der Waals surface area contributed by atoms with E-state index in [0.29, 0.717) is 22.4 Å². The fourth-order valence-corrected chi connectivity index (χ4v) is 3.23. The number of halogens is 1. The summed E-state index contributed by atoms with van der Waals surface area (Å²) >= 11 is 6.19. The molecular formula is C22H24ClN3O3. The zero-order valence-electron chi connectivity index (χ0n) is 17.0. The Morgan fingerprint density at radius 3 is 2.45 bits per heavy atom. The second-order valence-electron chi connectivity index (χ2n) is 7.11. The van der Waals surface area contributed by atoms with E-state index in [9.17, 15) is 4.79 Å². The van der Waals surface area contributed by atoms with Crippen LogP contribution in [0.4, 0.5) is 0 Å². The lowest BCUT2D eigenvalue weighted by atomic mass is 10.1. The van der Waals surface area contributed by atoms with Crippen LogP contribution >= 0.6 is 11.6 Å². The number of carbonyl (C=O) groups excluding carboxylic acids is 1. The normalized spacial score (nSPS) is 11.0. The topological polar surface area (TPSA) is 68.5 Å². The van der Waals surface area contributed by atoms with Crippen LogP contribution in [0.5, 0.6) is 5.75 Å². The third kappa shape index (κ3) is 4.95. The summed E-state index contributed by atoms with van der Waals surface area (Å²) in [6, 6.07) is 13.1. The zero-order chi connectivity index (χ0) is 21.0. The molecule has 0 saturated heterocycles. The molecule has 0 atom stereocenters. The van der Waals surface area contributed by atoms with Gasteiger partial charge in [-0.05, 0) is 51.0 Å². The monoisotopic (exact) mass is 413 g/mol. The first-order chi connectivity index (χ1) is 13.9. The predicted molar refractivity (Wildman–Crippen MR) is 112 cm³/mol. The van der Waals surface area contributed by atoms with E-state index in [2.05, 4.69) is 10.2 Å². The second-order valence-corrected chi connectivity index (χ2v) is 7.51. The van der Waals surface area contributed by atoms with Crippen molar-refractivity contribution < 1.29 is 13.9 Å². The van der Waals surface area contributed by atoms with Crippen molar-refractivity contribution in [1.29, 1.82) is 0 Å². The van der Waals surface area contributed by atoms with E-state index in [0.717, 1.165) is 16.9 Å². The molecule has 0 fully saturated rings. The van der Waals surface area contributed by atoms with Crippen LogP contribution in [0.1, 0.15) is 30.9 Å². The Morgan fingerprint density at radius 1 is 1.10 bits per heavy atom. The Bertz CT molecular complexity index is 980. The maximum Gasteiger partial charge on any atom is 0.261 e. The highest BCUT2D eigenvalue weighted by Gasteiger charge is 2.22. The first-order valence-electron chi connectivity index (χ1n) is 9.42. The van der Waals surface area contributed by atoms with Gasteiger partial charge in [0.15, 0.2) is 6.61 Å². The highest BCUT2D eigenvalue weighted by molar-refractivity contribution is 6.33. The van der Waals surface area contributed by atoms with E-state index < -0.39 is 0 Å². The van der Waals surface area contributed by atoms with Crippen molar-refractivity contribution in [2.45, 2.75) is 40.3 Å². The van der Waals surface area contributed by atoms with E-state index in [1.165, 1.54) is 0 Å². The maximum atomic E-state index is 12.8. The maximum absolute atomic E-state index is 12.8. The van der Waals surface area contributed by atoms with Gasteiger partial charge in [-0.25, -0.2) is 0 Å². The average molecular weight is 414 g/mol. The molecular weight excluding hydrogens is 390 g/mol. The van der Waals surface area contributed by atoms with Crippen molar-refractivity contribution in [2.75, 3.05) is 6.61 Å². The molecule has 6 nitrogen and oxygen atoms in total. The molecule has 1 aromatic heterocycles. The molecule has 152 valence electrons. The molecule has 1 heterocycles. The van der Waals surface area contributed by atoms with Crippen LogP contribution in [0.2, 0.25) is 5.02 Å². The lowest BCUT2D eigenvalue weighted by Crippen LogP contribution is -2.39. The molecule has 0 aliphatic heterocycles. The number of amides is 1. The Kier molecular flexibility index (Phi) is 6.54. The minimum Gasteiger partial charge on any atom is -0.483 e. The SMILES string of the molecule is Cc1cccc(C)c1OCC(=O)N(Cc1nnc(-c2ccccc2Cl)o1)C(C)C. The van der Waals surface area contributed by atoms with Crippen LogP contribution in [-0.2, 0) is 11.3 Å². The Morgan fingerprint density at radius 2 is 1.79 bits per heavy atom. The molecule has 0 spiro atoms. The first kappa shape index (κ1) is 20.9. The zero-order valence-corrected chi connectivity index (χ0v) is 17.7. The van der Waals surface area contributed by atoms with E-state index in [1.807, 2.05) is 64.1 Å². The molecule has 3 aromatic rings. The molecule has 0 radical (unpaired) electrons. The molecule has 0 bridgehead atoms. The molecule has 0 aliphatic carbocycles. The number of carbonyl (C=O) groups is 1. The van der Waals surface area contributed by atoms with Crippen LogP contribution in [-0.4, -0.2) is 33.7 Å². The average Bonchev–Trinajstić information content (AvgIpc) is 3.14. The second kappa shape index (κ2) is 9.09. The highest BCUT2D eigenvalue weighted by Crippen LogP contribution is 2.27. The van der Waals surface area contributed by atoms with Crippen LogP contribution in [0.3, 0.4) is 0 Å². The largest absolute Gasteiger partial charge is 0.483 e. The third-order valence-corrected chi connectivity index (χ3v) is 4.90. The Hall–Kier alpha value is -2.86. The van der Waals surface area contributed by atoms with E-state index in [4.69, 9.17) is 20.8 Å². The van der Waals surface area contributed by atoms with Gasteiger partial charge in [0.05, 0.1) is 17.1 Å².